The Labute approximate surface area is 138 Å². The van der Waals surface area contributed by atoms with Gasteiger partial charge in [-0.2, -0.15) is 0 Å². The molecular formula is C19H25N3O. The number of aromatic nitrogens is 1. The summed E-state index contributed by atoms with van der Waals surface area (Å²) in [6.45, 7) is 4.72. The van der Waals surface area contributed by atoms with Crippen LogP contribution in [0, 0.1) is 0 Å². The maximum absolute atomic E-state index is 13.2. The Bertz CT molecular complexity index is 611. The van der Waals surface area contributed by atoms with Crippen molar-refractivity contribution in [3.8, 4) is 0 Å². The van der Waals surface area contributed by atoms with Gasteiger partial charge in [-0.1, -0.05) is 36.4 Å². The predicted molar refractivity (Wildman–Crippen MR) is 92.8 cm³/mol. The lowest BCUT2D eigenvalue weighted by Gasteiger charge is -2.33. The van der Waals surface area contributed by atoms with E-state index < -0.39 is 0 Å². The van der Waals surface area contributed by atoms with Gasteiger partial charge in [0, 0.05) is 25.0 Å². The van der Waals surface area contributed by atoms with Crippen LogP contribution in [-0.4, -0.2) is 40.8 Å². The van der Waals surface area contributed by atoms with Crippen LogP contribution >= 0.6 is 0 Å². The minimum atomic E-state index is -0.324. The van der Waals surface area contributed by atoms with Gasteiger partial charge in [0.1, 0.15) is 6.04 Å². The standard InChI is InChI=1S/C19H25N3O/c1-15(2)22(14-16-9-6-5-7-10-16)19(23)18(21(3)4)17-11-8-12-20-13-17/h5-13,15,18H,14H2,1-4H3. The lowest BCUT2D eigenvalue weighted by molar-refractivity contribution is -0.138. The number of hydrogen-bond donors (Lipinski definition) is 0. The SMILES string of the molecule is CC(C)N(Cc1ccccc1)C(=O)C(c1cccnc1)N(C)C. The molecule has 0 aliphatic carbocycles. The van der Waals surface area contributed by atoms with E-state index in [1.807, 2.05) is 54.2 Å². The molecule has 0 saturated carbocycles. The third kappa shape index (κ3) is 4.39. The van der Waals surface area contributed by atoms with E-state index in [0.29, 0.717) is 6.54 Å². The number of likely N-dealkylation sites (N-methyl/N-ethyl adjacent to an activating group) is 1. The molecule has 0 saturated heterocycles. The van der Waals surface area contributed by atoms with Crippen LogP contribution in [0.5, 0.6) is 0 Å². The van der Waals surface area contributed by atoms with Gasteiger partial charge >= 0.3 is 0 Å². The van der Waals surface area contributed by atoms with Crippen LogP contribution < -0.4 is 0 Å². The summed E-state index contributed by atoms with van der Waals surface area (Å²) in [6, 6.07) is 13.7. The quantitative estimate of drug-likeness (QED) is 0.822. The minimum absolute atomic E-state index is 0.0989. The third-order valence-corrected chi connectivity index (χ3v) is 3.85. The van der Waals surface area contributed by atoms with Crippen LogP contribution in [0.1, 0.15) is 31.0 Å². The summed E-state index contributed by atoms with van der Waals surface area (Å²) < 4.78 is 0. The van der Waals surface area contributed by atoms with E-state index in [9.17, 15) is 4.79 Å². The van der Waals surface area contributed by atoms with Crippen LogP contribution in [0.15, 0.2) is 54.9 Å². The molecule has 0 aliphatic heterocycles. The highest BCUT2D eigenvalue weighted by molar-refractivity contribution is 5.83. The number of nitrogens with zero attached hydrogens (tertiary/aromatic N) is 3. The van der Waals surface area contributed by atoms with E-state index in [2.05, 4.69) is 31.0 Å². The summed E-state index contributed by atoms with van der Waals surface area (Å²) in [6.07, 6.45) is 3.49. The first-order chi connectivity index (χ1) is 11.0. The zero-order valence-corrected chi connectivity index (χ0v) is 14.3. The van der Waals surface area contributed by atoms with Crippen molar-refractivity contribution < 1.29 is 4.79 Å². The lowest BCUT2D eigenvalue weighted by atomic mass is 10.1. The predicted octanol–water partition coefficient (Wildman–Crippen LogP) is 3.12. The first-order valence-electron chi connectivity index (χ1n) is 7.91. The molecular weight excluding hydrogens is 286 g/mol. The molecule has 122 valence electrons. The molecule has 1 aromatic carbocycles. The van der Waals surface area contributed by atoms with E-state index in [0.717, 1.165) is 11.1 Å². The lowest BCUT2D eigenvalue weighted by Crippen LogP contribution is -2.43. The van der Waals surface area contributed by atoms with Crippen molar-refractivity contribution in [1.29, 1.82) is 0 Å². The largest absolute Gasteiger partial charge is 0.334 e. The van der Waals surface area contributed by atoms with Crippen molar-refractivity contribution in [2.45, 2.75) is 32.5 Å². The molecule has 1 amide bonds. The Balaban J connectivity index is 2.28. The van der Waals surface area contributed by atoms with Crippen LogP contribution in [0.25, 0.3) is 0 Å². The maximum atomic E-state index is 13.2. The van der Waals surface area contributed by atoms with Crippen LogP contribution in [0.4, 0.5) is 0 Å². The zero-order chi connectivity index (χ0) is 16.8. The smallest absolute Gasteiger partial charge is 0.245 e. The Hall–Kier alpha value is -2.20. The number of carbonyl (C=O) groups is 1. The summed E-state index contributed by atoms with van der Waals surface area (Å²) in [5.41, 5.74) is 2.06. The van der Waals surface area contributed by atoms with E-state index in [1.165, 1.54) is 0 Å². The van der Waals surface area contributed by atoms with Crippen LogP contribution in [0.3, 0.4) is 0 Å². The van der Waals surface area contributed by atoms with Crippen molar-refractivity contribution in [2.75, 3.05) is 14.1 Å². The average molecular weight is 311 g/mol. The second-order valence-electron chi connectivity index (χ2n) is 6.20. The summed E-state index contributed by atoms with van der Waals surface area (Å²) in [5.74, 6) is 0.0989. The number of amides is 1. The number of rotatable bonds is 6. The molecule has 0 aliphatic rings. The van der Waals surface area contributed by atoms with Crippen molar-refractivity contribution in [2.24, 2.45) is 0 Å². The van der Waals surface area contributed by atoms with Crippen LogP contribution in [0.2, 0.25) is 0 Å². The first-order valence-corrected chi connectivity index (χ1v) is 7.91. The molecule has 4 nitrogen and oxygen atoms in total. The fourth-order valence-corrected chi connectivity index (χ4v) is 2.65. The molecule has 1 atom stereocenters. The Morgan fingerprint density at radius 3 is 2.30 bits per heavy atom. The van der Waals surface area contributed by atoms with Gasteiger partial charge in [-0.05, 0) is 45.1 Å². The number of pyridine rings is 1. The molecule has 1 heterocycles. The Morgan fingerprint density at radius 1 is 1.09 bits per heavy atom. The highest BCUT2D eigenvalue weighted by Crippen LogP contribution is 2.22. The summed E-state index contributed by atoms with van der Waals surface area (Å²) in [4.78, 5) is 21.2. The van der Waals surface area contributed by atoms with E-state index >= 15 is 0 Å². The average Bonchev–Trinajstić information content (AvgIpc) is 2.54. The van der Waals surface area contributed by atoms with Crippen molar-refractivity contribution in [3.05, 3.63) is 66.0 Å². The van der Waals surface area contributed by atoms with Gasteiger partial charge in [0.25, 0.3) is 0 Å². The molecule has 1 unspecified atom stereocenters. The van der Waals surface area contributed by atoms with Gasteiger partial charge in [-0.3, -0.25) is 14.7 Å². The van der Waals surface area contributed by atoms with Gasteiger partial charge in [0.2, 0.25) is 5.91 Å². The van der Waals surface area contributed by atoms with E-state index in [-0.39, 0.29) is 18.0 Å². The normalized spacial score (nSPS) is 12.4. The molecule has 4 heteroatoms. The van der Waals surface area contributed by atoms with Gasteiger partial charge < -0.3 is 4.90 Å². The van der Waals surface area contributed by atoms with Crippen LogP contribution in [-0.2, 0) is 11.3 Å². The molecule has 0 fully saturated rings. The number of benzene rings is 1. The maximum Gasteiger partial charge on any atom is 0.245 e. The van der Waals surface area contributed by atoms with E-state index in [1.54, 1.807) is 12.4 Å². The minimum Gasteiger partial charge on any atom is -0.334 e. The third-order valence-electron chi connectivity index (χ3n) is 3.85. The first kappa shape index (κ1) is 17.2. The van der Waals surface area contributed by atoms with Crippen molar-refractivity contribution >= 4 is 5.91 Å². The molecule has 0 spiro atoms. The molecule has 1 aromatic heterocycles. The Kier molecular flexibility index (Phi) is 5.88. The van der Waals surface area contributed by atoms with Crippen molar-refractivity contribution in [1.82, 2.24) is 14.8 Å². The topological polar surface area (TPSA) is 36.4 Å². The highest BCUT2D eigenvalue weighted by Gasteiger charge is 2.29. The van der Waals surface area contributed by atoms with Crippen molar-refractivity contribution in [3.63, 3.8) is 0 Å². The fraction of sp³-hybridized carbons (Fsp3) is 0.368. The van der Waals surface area contributed by atoms with Gasteiger partial charge in [0.15, 0.2) is 0 Å². The van der Waals surface area contributed by atoms with Gasteiger partial charge in [-0.25, -0.2) is 0 Å². The van der Waals surface area contributed by atoms with Gasteiger partial charge in [0.05, 0.1) is 0 Å². The fourth-order valence-electron chi connectivity index (χ4n) is 2.65. The second kappa shape index (κ2) is 7.88. The summed E-state index contributed by atoms with van der Waals surface area (Å²) in [7, 11) is 3.85. The summed E-state index contributed by atoms with van der Waals surface area (Å²) in [5, 5.41) is 0. The molecule has 2 rings (SSSR count). The molecule has 2 aromatic rings. The molecule has 0 radical (unpaired) electrons. The van der Waals surface area contributed by atoms with E-state index in [4.69, 9.17) is 0 Å². The summed E-state index contributed by atoms with van der Waals surface area (Å²) >= 11 is 0. The number of hydrogen-bond acceptors (Lipinski definition) is 3. The monoisotopic (exact) mass is 311 g/mol. The zero-order valence-electron chi connectivity index (χ0n) is 14.3. The number of carbonyl (C=O) groups excluding carboxylic acids is 1. The molecule has 0 N–H and O–H groups in total. The van der Waals surface area contributed by atoms with Gasteiger partial charge in [-0.15, -0.1) is 0 Å². The Morgan fingerprint density at radius 2 is 1.78 bits per heavy atom. The molecule has 23 heavy (non-hydrogen) atoms. The molecule has 0 bridgehead atoms. The highest BCUT2D eigenvalue weighted by atomic mass is 16.2. The second-order valence-corrected chi connectivity index (χ2v) is 6.20.